The molecule has 0 aliphatic carbocycles. The molecule has 3 rings (SSSR count). The van der Waals surface area contributed by atoms with Crippen LogP contribution in [0.3, 0.4) is 0 Å². The molecule has 0 bridgehead atoms. The average molecular weight is 218 g/mol. The molecule has 0 saturated carbocycles. The summed E-state index contributed by atoms with van der Waals surface area (Å²) < 4.78 is 7.25. The van der Waals surface area contributed by atoms with E-state index >= 15 is 0 Å². The van der Waals surface area contributed by atoms with Crippen molar-refractivity contribution >= 4 is 11.2 Å². The second-order valence-corrected chi connectivity index (χ2v) is 4.17. The lowest BCUT2D eigenvalue weighted by Crippen LogP contribution is -2.21. The van der Waals surface area contributed by atoms with Gasteiger partial charge in [-0.25, -0.2) is 9.67 Å². The highest BCUT2D eigenvalue weighted by Crippen LogP contribution is 2.18. The minimum atomic E-state index is 0.639. The van der Waals surface area contributed by atoms with E-state index in [-0.39, 0.29) is 0 Å². The second-order valence-electron chi connectivity index (χ2n) is 4.17. The number of hydrogen-bond acceptors (Lipinski definition) is 4. The normalized spacial score (nSPS) is 18.0. The van der Waals surface area contributed by atoms with Gasteiger partial charge < -0.3 is 4.74 Å². The molecule has 0 radical (unpaired) electrons. The zero-order valence-corrected chi connectivity index (χ0v) is 9.04. The second kappa shape index (κ2) is 4.17. The van der Waals surface area contributed by atoms with Crippen molar-refractivity contribution in [3.05, 3.63) is 18.3 Å². The molecular formula is C11H14N4O. The van der Waals surface area contributed by atoms with E-state index in [2.05, 4.69) is 15.3 Å². The Labute approximate surface area is 93.4 Å². The molecule has 0 amide bonds. The predicted octanol–water partition coefficient (Wildman–Crippen LogP) is 1.25. The first kappa shape index (κ1) is 9.72. The van der Waals surface area contributed by atoms with Gasteiger partial charge in [-0.1, -0.05) is 5.21 Å². The van der Waals surface area contributed by atoms with Crippen LogP contribution in [0.15, 0.2) is 18.3 Å². The smallest absolute Gasteiger partial charge is 0.178 e. The van der Waals surface area contributed by atoms with Crippen LogP contribution >= 0.6 is 0 Å². The largest absolute Gasteiger partial charge is 0.381 e. The fraction of sp³-hybridized carbons (Fsp3) is 0.545. The van der Waals surface area contributed by atoms with Crippen LogP contribution in [0.1, 0.15) is 12.8 Å². The van der Waals surface area contributed by atoms with Gasteiger partial charge in [0.15, 0.2) is 5.65 Å². The van der Waals surface area contributed by atoms with E-state index in [1.807, 2.05) is 16.8 Å². The van der Waals surface area contributed by atoms with E-state index in [0.29, 0.717) is 5.92 Å². The van der Waals surface area contributed by atoms with Crippen LogP contribution in [-0.4, -0.2) is 33.2 Å². The first-order valence-electron chi connectivity index (χ1n) is 5.65. The summed E-state index contributed by atoms with van der Waals surface area (Å²) in [4.78, 5) is 4.31. The van der Waals surface area contributed by atoms with Crippen LogP contribution in [0.4, 0.5) is 0 Å². The topological polar surface area (TPSA) is 52.8 Å². The van der Waals surface area contributed by atoms with Crippen LogP contribution in [0.2, 0.25) is 0 Å². The zero-order valence-electron chi connectivity index (χ0n) is 9.04. The van der Waals surface area contributed by atoms with Crippen molar-refractivity contribution in [2.45, 2.75) is 19.4 Å². The van der Waals surface area contributed by atoms with E-state index in [0.717, 1.165) is 43.8 Å². The summed E-state index contributed by atoms with van der Waals surface area (Å²) in [6, 6.07) is 3.83. The zero-order chi connectivity index (χ0) is 10.8. The highest BCUT2D eigenvalue weighted by atomic mass is 16.5. The van der Waals surface area contributed by atoms with E-state index in [4.69, 9.17) is 4.74 Å². The molecule has 84 valence electrons. The van der Waals surface area contributed by atoms with Crippen molar-refractivity contribution in [3.8, 4) is 0 Å². The Morgan fingerprint density at radius 3 is 3.12 bits per heavy atom. The lowest BCUT2D eigenvalue weighted by Gasteiger charge is -2.21. The molecule has 1 saturated heterocycles. The first-order chi connectivity index (χ1) is 7.93. The Morgan fingerprint density at radius 2 is 2.25 bits per heavy atom. The Balaban J connectivity index is 1.83. The number of ether oxygens (including phenoxy) is 1. The van der Waals surface area contributed by atoms with Crippen LogP contribution in [-0.2, 0) is 11.3 Å². The highest BCUT2D eigenvalue weighted by Gasteiger charge is 2.16. The van der Waals surface area contributed by atoms with Crippen molar-refractivity contribution in [2.75, 3.05) is 13.2 Å². The molecule has 5 nitrogen and oxygen atoms in total. The third kappa shape index (κ3) is 1.78. The maximum atomic E-state index is 5.35. The average Bonchev–Trinajstić information content (AvgIpc) is 2.74. The minimum absolute atomic E-state index is 0.639. The van der Waals surface area contributed by atoms with Gasteiger partial charge in [-0.3, -0.25) is 0 Å². The van der Waals surface area contributed by atoms with Gasteiger partial charge >= 0.3 is 0 Å². The van der Waals surface area contributed by atoms with Crippen LogP contribution in [0.25, 0.3) is 11.2 Å². The number of pyridine rings is 1. The molecule has 1 fully saturated rings. The third-order valence-corrected chi connectivity index (χ3v) is 3.04. The first-order valence-corrected chi connectivity index (χ1v) is 5.65. The Morgan fingerprint density at radius 1 is 1.38 bits per heavy atom. The Kier molecular flexibility index (Phi) is 2.53. The number of nitrogens with zero attached hydrogens (tertiary/aromatic N) is 4. The van der Waals surface area contributed by atoms with Crippen molar-refractivity contribution in [1.82, 2.24) is 20.0 Å². The molecule has 1 aliphatic heterocycles. The van der Waals surface area contributed by atoms with Gasteiger partial charge in [0.05, 0.1) is 0 Å². The van der Waals surface area contributed by atoms with Gasteiger partial charge in [-0.15, -0.1) is 5.10 Å². The summed E-state index contributed by atoms with van der Waals surface area (Å²) in [5.74, 6) is 0.639. The Hall–Kier alpha value is -1.49. The van der Waals surface area contributed by atoms with Crippen LogP contribution < -0.4 is 0 Å². The van der Waals surface area contributed by atoms with Crippen molar-refractivity contribution < 1.29 is 4.74 Å². The van der Waals surface area contributed by atoms with E-state index in [9.17, 15) is 0 Å². The van der Waals surface area contributed by atoms with Crippen molar-refractivity contribution in [2.24, 2.45) is 5.92 Å². The van der Waals surface area contributed by atoms with E-state index in [1.165, 1.54) is 0 Å². The maximum absolute atomic E-state index is 5.35. The molecular weight excluding hydrogens is 204 g/mol. The lowest BCUT2D eigenvalue weighted by atomic mass is 10.0. The number of aromatic nitrogens is 4. The summed E-state index contributed by atoms with van der Waals surface area (Å²) in [7, 11) is 0. The summed E-state index contributed by atoms with van der Waals surface area (Å²) in [5.41, 5.74) is 1.75. The third-order valence-electron chi connectivity index (χ3n) is 3.04. The molecule has 5 heteroatoms. The van der Waals surface area contributed by atoms with Crippen LogP contribution in [0.5, 0.6) is 0 Å². The quantitative estimate of drug-likeness (QED) is 0.761. The molecule has 2 aromatic rings. The predicted molar refractivity (Wildman–Crippen MR) is 58.9 cm³/mol. The fourth-order valence-electron chi connectivity index (χ4n) is 2.11. The van der Waals surface area contributed by atoms with Gasteiger partial charge in [-0.2, -0.15) is 0 Å². The van der Waals surface area contributed by atoms with Crippen molar-refractivity contribution in [3.63, 3.8) is 0 Å². The molecule has 0 spiro atoms. The van der Waals surface area contributed by atoms with Crippen LogP contribution in [0, 0.1) is 5.92 Å². The fourth-order valence-corrected chi connectivity index (χ4v) is 2.11. The molecule has 3 heterocycles. The summed E-state index contributed by atoms with van der Waals surface area (Å²) >= 11 is 0. The summed E-state index contributed by atoms with van der Waals surface area (Å²) in [5, 5.41) is 8.26. The monoisotopic (exact) mass is 218 g/mol. The molecule has 0 unspecified atom stereocenters. The van der Waals surface area contributed by atoms with E-state index < -0.39 is 0 Å². The van der Waals surface area contributed by atoms with E-state index in [1.54, 1.807) is 6.20 Å². The Bertz CT molecular complexity index is 476. The molecule has 16 heavy (non-hydrogen) atoms. The number of hydrogen-bond donors (Lipinski definition) is 0. The SMILES string of the molecule is c1cnc2c(c1)nnn2CC1CCOCC1. The van der Waals surface area contributed by atoms with Gasteiger partial charge in [0.25, 0.3) is 0 Å². The number of rotatable bonds is 2. The highest BCUT2D eigenvalue weighted by molar-refractivity contribution is 5.68. The number of fused-ring (bicyclic) bond motifs is 1. The van der Waals surface area contributed by atoms with Gasteiger partial charge in [0, 0.05) is 26.0 Å². The van der Waals surface area contributed by atoms with Gasteiger partial charge in [0.1, 0.15) is 5.52 Å². The molecule has 1 aliphatic rings. The molecule has 0 aromatic carbocycles. The maximum Gasteiger partial charge on any atom is 0.178 e. The summed E-state index contributed by atoms with van der Waals surface area (Å²) in [6.45, 7) is 2.63. The van der Waals surface area contributed by atoms with Gasteiger partial charge in [-0.05, 0) is 30.9 Å². The molecule has 0 N–H and O–H groups in total. The standard InChI is InChI=1S/C11H14N4O/c1-2-10-11(12-5-1)15(14-13-10)8-9-3-6-16-7-4-9/h1-2,5,9H,3-4,6-8H2. The van der Waals surface area contributed by atoms with Gasteiger partial charge in [0.2, 0.25) is 0 Å². The molecule has 2 aromatic heterocycles. The van der Waals surface area contributed by atoms with Crippen molar-refractivity contribution in [1.29, 1.82) is 0 Å². The molecule has 0 atom stereocenters. The summed E-state index contributed by atoms with van der Waals surface area (Å²) in [6.07, 6.45) is 3.99. The minimum Gasteiger partial charge on any atom is -0.381 e. The lowest BCUT2D eigenvalue weighted by molar-refractivity contribution is 0.0603.